The number of nitrogens with zero attached hydrogens (tertiary/aromatic N) is 3. The van der Waals surface area contributed by atoms with Gasteiger partial charge >= 0.3 is 0 Å². The van der Waals surface area contributed by atoms with Crippen LogP contribution in [-0.4, -0.2) is 21.8 Å². The zero-order valence-electron chi connectivity index (χ0n) is 11.4. The van der Waals surface area contributed by atoms with Crippen molar-refractivity contribution in [2.45, 2.75) is 6.54 Å². The number of aromatic nitrogens is 2. The number of fused-ring (bicyclic) bond motifs is 1. The Kier molecular flexibility index (Phi) is 3.27. The maximum Gasteiger partial charge on any atom is 0.280 e. The van der Waals surface area contributed by atoms with Gasteiger partial charge in [-0.25, -0.2) is 0 Å². The van der Waals surface area contributed by atoms with Gasteiger partial charge in [0.1, 0.15) is 5.75 Å². The zero-order valence-corrected chi connectivity index (χ0v) is 11.4. The first-order valence-electron chi connectivity index (χ1n) is 6.41. The molecule has 1 aromatic heterocycles. The fourth-order valence-electron chi connectivity index (χ4n) is 2.32. The van der Waals surface area contributed by atoms with Crippen LogP contribution in [0.15, 0.2) is 48.7 Å². The average molecular weight is 283 g/mol. The Hall–Kier alpha value is -2.89. The molecule has 106 valence electrons. The van der Waals surface area contributed by atoms with Gasteiger partial charge in [-0.2, -0.15) is 5.10 Å². The van der Waals surface area contributed by atoms with Crippen LogP contribution in [0, 0.1) is 10.1 Å². The van der Waals surface area contributed by atoms with E-state index in [0.717, 1.165) is 16.8 Å². The number of hydrogen-bond acceptors (Lipinski definition) is 4. The van der Waals surface area contributed by atoms with Crippen molar-refractivity contribution in [2.24, 2.45) is 0 Å². The second kappa shape index (κ2) is 5.24. The van der Waals surface area contributed by atoms with Crippen LogP contribution in [0.1, 0.15) is 5.56 Å². The molecule has 0 N–H and O–H groups in total. The highest BCUT2D eigenvalue weighted by Crippen LogP contribution is 2.25. The summed E-state index contributed by atoms with van der Waals surface area (Å²) < 4.78 is 6.94. The molecule has 0 saturated heterocycles. The number of nitro benzene ring substituents is 1. The standard InChI is InChI=1S/C15H13N3O3/c1-21-12-5-2-4-11(8-12)10-17-14-6-3-7-15(18(19)20)13(14)9-16-17/h2-9H,10H2,1H3. The molecule has 0 atom stereocenters. The minimum absolute atomic E-state index is 0.0735. The molecule has 6 nitrogen and oxygen atoms in total. The van der Waals surface area contributed by atoms with Gasteiger partial charge in [-0.1, -0.05) is 18.2 Å². The topological polar surface area (TPSA) is 70.2 Å². The lowest BCUT2D eigenvalue weighted by Crippen LogP contribution is -2.01. The van der Waals surface area contributed by atoms with Gasteiger partial charge in [0.05, 0.1) is 35.7 Å². The maximum atomic E-state index is 11.0. The first-order valence-corrected chi connectivity index (χ1v) is 6.41. The molecule has 0 aliphatic carbocycles. The third kappa shape index (κ3) is 2.43. The maximum absolute atomic E-state index is 11.0. The molecule has 0 spiro atoms. The van der Waals surface area contributed by atoms with E-state index in [4.69, 9.17) is 4.74 Å². The summed E-state index contributed by atoms with van der Waals surface area (Å²) in [7, 11) is 1.62. The lowest BCUT2D eigenvalue weighted by atomic mass is 10.2. The van der Waals surface area contributed by atoms with E-state index in [9.17, 15) is 10.1 Å². The smallest absolute Gasteiger partial charge is 0.280 e. The van der Waals surface area contributed by atoms with E-state index in [2.05, 4.69) is 5.10 Å². The van der Waals surface area contributed by atoms with Gasteiger partial charge in [-0.05, 0) is 23.8 Å². The summed E-state index contributed by atoms with van der Waals surface area (Å²) in [6.45, 7) is 0.530. The Bertz CT molecular complexity index is 811. The van der Waals surface area contributed by atoms with Crippen molar-refractivity contribution in [3.63, 3.8) is 0 Å². The first kappa shape index (κ1) is 13.1. The third-order valence-electron chi connectivity index (χ3n) is 3.33. The van der Waals surface area contributed by atoms with Crippen molar-refractivity contribution in [1.29, 1.82) is 0 Å². The molecule has 3 rings (SSSR count). The molecular formula is C15H13N3O3. The molecular weight excluding hydrogens is 270 g/mol. The van der Waals surface area contributed by atoms with E-state index in [0.29, 0.717) is 11.9 Å². The zero-order chi connectivity index (χ0) is 14.8. The lowest BCUT2D eigenvalue weighted by molar-refractivity contribution is -0.383. The van der Waals surface area contributed by atoms with Crippen LogP contribution in [0.4, 0.5) is 5.69 Å². The van der Waals surface area contributed by atoms with Crippen LogP contribution in [0.3, 0.4) is 0 Å². The summed E-state index contributed by atoms with van der Waals surface area (Å²) in [6.07, 6.45) is 1.54. The second-order valence-electron chi connectivity index (χ2n) is 4.62. The highest BCUT2D eigenvalue weighted by atomic mass is 16.6. The van der Waals surface area contributed by atoms with E-state index in [1.807, 2.05) is 30.3 Å². The van der Waals surface area contributed by atoms with Gasteiger partial charge in [0.25, 0.3) is 5.69 Å². The van der Waals surface area contributed by atoms with Crippen LogP contribution < -0.4 is 4.74 Å². The number of hydrogen-bond donors (Lipinski definition) is 0. The van der Waals surface area contributed by atoms with Gasteiger partial charge < -0.3 is 4.74 Å². The van der Waals surface area contributed by atoms with Crippen LogP contribution in [-0.2, 0) is 6.54 Å². The average Bonchev–Trinajstić information content (AvgIpc) is 2.90. The van der Waals surface area contributed by atoms with E-state index in [-0.39, 0.29) is 10.6 Å². The van der Waals surface area contributed by atoms with Crippen molar-refractivity contribution in [2.75, 3.05) is 7.11 Å². The molecule has 0 radical (unpaired) electrons. The molecule has 0 aliphatic heterocycles. The number of nitro groups is 1. The largest absolute Gasteiger partial charge is 0.497 e. The second-order valence-corrected chi connectivity index (χ2v) is 4.62. The molecule has 2 aromatic carbocycles. The summed E-state index contributed by atoms with van der Waals surface area (Å²) in [5, 5.41) is 15.8. The molecule has 0 bridgehead atoms. The summed E-state index contributed by atoms with van der Waals surface area (Å²) in [6, 6.07) is 12.6. The van der Waals surface area contributed by atoms with Gasteiger partial charge in [-0.15, -0.1) is 0 Å². The fraction of sp³-hybridized carbons (Fsp3) is 0.133. The highest BCUT2D eigenvalue weighted by molar-refractivity contribution is 5.87. The monoisotopic (exact) mass is 283 g/mol. The van der Waals surface area contributed by atoms with Crippen LogP contribution in [0.25, 0.3) is 10.9 Å². The Morgan fingerprint density at radius 2 is 2.10 bits per heavy atom. The quantitative estimate of drug-likeness (QED) is 0.545. The molecule has 21 heavy (non-hydrogen) atoms. The minimum atomic E-state index is -0.389. The predicted molar refractivity (Wildman–Crippen MR) is 78.5 cm³/mol. The predicted octanol–water partition coefficient (Wildman–Crippen LogP) is 3.00. The van der Waals surface area contributed by atoms with Crippen LogP contribution in [0.5, 0.6) is 5.75 Å². The van der Waals surface area contributed by atoms with Gasteiger partial charge in [-0.3, -0.25) is 14.8 Å². The van der Waals surface area contributed by atoms with Crippen molar-refractivity contribution in [1.82, 2.24) is 9.78 Å². The van der Waals surface area contributed by atoms with Crippen molar-refractivity contribution in [3.8, 4) is 5.75 Å². The minimum Gasteiger partial charge on any atom is -0.497 e. The summed E-state index contributed by atoms with van der Waals surface area (Å²) >= 11 is 0. The number of methoxy groups -OCH3 is 1. The number of non-ortho nitro benzene ring substituents is 1. The normalized spacial score (nSPS) is 10.7. The SMILES string of the molecule is COc1cccc(Cn2ncc3c([N+](=O)[O-])cccc32)c1. The lowest BCUT2D eigenvalue weighted by Gasteiger charge is -2.06. The van der Waals surface area contributed by atoms with Crippen LogP contribution >= 0.6 is 0 Å². The molecule has 0 aliphatic rings. The number of benzene rings is 2. The van der Waals surface area contributed by atoms with E-state index < -0.39 is 0 Å². The Morgan fingerprint density at radius 3 is 2.86 bits per heavy atom. The molecule has 3 aromatic rings. The van der Waals surface area contributed by atoms with E-state index >= 15 is 0 Å². The molecule has 0 saturated carbocycles. The van der Waals surface area contributed by atoms with Gasteiger partial charge in [0.15, 0.2) is 0 Å². The summed E-state index contributed by atoms with van der Waals surface area (Å²) in [5.41, 5.74) is 1.84. The number of ether oxygens (including phenoxy) is 1. The van der Waals surface area contributed by atoms with Crippen molar-refractivity contribution in [3.05, 3.63) is 64.3 Å². The number of rotatable bonds is 4. The van der Waals surface area contributed by atoms with Crippen LogP contribution in [0.2, 0.25) is 0 Å². The van der Waals surface area contributed by atoms with E-state index in [1.54, 1.807) is 17.9 Å². The summed E-state index contributed by atoms with van der Waals surface area (Å²) in [5.74, 6) is 0.773. The summed E-state index contributed by atoms with van der Waals surface area (Å²) in [4.78, 5) is 10.6. The Labute approximate surface area is 120 Å². The Morgan fingerprint density at radius 1 is 1.29 bits per heavy atom. The molecule has 1 heterocycles. The molecule has 6 heteroatoms. The van der Waals surface area contributed by atoms with Gasteiger partial charge in [0, 0.05) is 6.07 Å². The third-order valence-corrected chi connectivity index (χ3v) is 3.33. The van der Waals surface area contributed by atoms with Crippen molar-refractivity contribution < 1.29 is 9.66 Å². The highest BCUT2D eigenvalue weighted by Gasteiger charge is 2.14. The fourth-order valence-corrected chi connectivity index (χ4v) is 2.32. The Balaban J connectivity index is 2.01. The first-order chi connectivity index (χ1) is 10.2. The molecule has 0 amide bonds. The molecule has 0 unspecified atom stereocenters. The molecule has 0 fully saturated rings. The van der Waals surface area contributed by atoms with Gasteiger partial charge in [0.2, 0.25) is 0 Å². The van der Waals surface area contributed by atoms with Crippen molar-refractivity contribution >= 4 is 16.6 Å². The van der Waals surface area contributed by atoms with E-state index in [1.165, 1.54) is 12.3 Å².